The minimum atomic E-state index is -0.288. The summed E-state index contributed by atoms with van der Waals surface area (Å²) < 4.78 is 27.7. The first kappa shape index (κ1) is 20.6. The van der Waals surface area contributed by atoms with Crippen molar-refractivity contribution in [2.24, 2.45) is 0 Å². The van der Waals surface area contributed by atoms with E-state index < -0.39 is 0 Å². The summed E-state index contributed by atoms with van der Waals surface area (Å²) in [5, 5.41) is 0. The molecule has 1 aliphatic heterocycles. The Kier molecular flexibility index (Phi) is 8.79. The lowest BCUT2D eigenvalue weighted by atomic mass is 9.90. The Morgan fingerprint density at radius 1 is 0.957 bits per heavy atom. The highest BCUT2D eigenvalue weighted by atomic mass is 16.7. The largest absolute Gasteiger partial charge is 0.486 e. The Bertz CT molecular complexity index is 337. The molecule has 1 aliphatic rings. The molecule has 1 rings (SSSR count). The second-order valence-electron chi connectivity index (χ2n) is 6.88. The summed E-state index contributed by atoms with van der Waals surface area (Å²) >= 11 is 0. The van der Waals surface area contributed by atoms with Gasteiger partial charge in [0.25, 0.3) is 0 Å². The first-order valence-electron chi connectivity index (χ1n) is 8.48. The van der Waals surface area contributed by atoms with E-state index in [1.807, 2.05) is 12.1 Å². The fraction of sp³-hybridized carbons (Fsp3) is 0.882. The number of hydrogen-bond acceptors (Lipinski definition) is 5. The number of unbranched alkanes of at least 4 members (excludes halogenated alkanes) is 2. The van der Waals surface area contributed by atoms with Crippen LogP contribution < -0.4 is 0 Å². The van der Waals surface area contributed by atoms with Gasteiger partial charge in [-0.25, -0.2) is 0 Å². The first-order valence-corrected chi connectivity index (χ1v) is 8.48. The van der Waals surface area contributed by atoms with Crippen LogP contribution in [0, 0.1) is 0 Å². The molecular weight excluding hydrogens is 295 g/mol. The predicted molar refractivity (Wildman–Crippen MR) is 92.3 cm³/mol. The smallest absolute Gasteiger partial charge is 0.400 e. The van der Waals surface area contributed by atoms with Gasteiger partial charge in [0.2, 0.25) is 0 Å². The van der Waals surface area contributed by atoms with Gasteiger partial charge >= 0.3 is 7.12 Å². The molecule has 0 atom stereocenters. The fourth-order valence-corrected chi connectivity index (χ4v) is 2.31. The van der Waals surface area contributed by atoms with Crippen LogP contribution in [0.5, 0.6) is 0 Å². The molecule has 5 nitrogen and oxygen atoms in total. The van der Waals surface area contributed by atoms with Crippen LogP contribution >= 0.6 is 0 Å². The Balaban J connectivity index is 2.04. The van der Waals surface area contributed by atoms with E-state index in [2.05, 4.69) is 27.7 Å². The van der Waals surface area contributed by atoms with E-state index in [-0.39, 0.29) is 24.6 Å². The molecular formula is C17H33BO5. The zero-order chi connectivity index (χ0) is 17.3. The van der Waals surface area contributed by atoms with E-state index >= 15 is 0 Å². The Morgan fingerprint density at radius 3 is 2.13 bits per heavy atom. The maximum atomic E-state index is 5.88. The van der Waals surface area contributed by atoms with Crippen molar-refractivity contribution in [3.05, 3.63) is 12.1 Å². The van der Waals surface area contributed by atoms with E-state index in [0.717, 1.165) is 32.3 Å². The quantitative estimate of drug-likeness (QED) is 0.331. The van der Waals surface area contributed by atoms with E-state index in [9.17, 15) is 0 Å². The van der Waals surface area contributed by atoms with E-state index in [1.165, 1.54) is 0 Å². The molecule has 0 spiro atoms. The highest BCUT2D eigenvalue weighted by Gasteiger charge is 2.49. The van der Waals surface area contributed by atoms with Crippen molar-refractivity contribution in [1.82, 2.24) is 0 Å². The standard InChI is InChI=1S/C17H33BO5/c1-16(2)17(3,4)23-18(22-16)12-10-14-21-13-9-7-8-11-15(19-5)20-6/h10,12,15H,7-9,11,13-14H2,1-6H3/b12-10+. The average Bonchev–Trinajstić information content (AvgIpc) is 2.69. The molecule has 0 amide bonds. The molecule has 0 aliphatic carbocycles. The summed E-state index contributed by atoms with van der Waals surface area (Å²) in [4.78, 5) is 0. The molecule has 1 fully saturated rings. The fourth-order valence-electron chi connectivity index (χ4n) is 2.31. The van der Waals surface area contributed by atoms with Crippen LogP contribution in [0.3, 0.4) is 0 Å². The Hall–Kier alpha value is -0.395. The summed E-state index contributed by atoms with van der Waals surface area (Å²) in [5.74, 6) is 1.93. The van der Waals surface area contributed by atoms with Gasteiger partial charge in [-0.05, 0) is 47.0 Å². The van der Waals surface area contributed by atoms with Crippen molar-refractivity contribution in [1.29, 1.82) is 0 Å². The second kappa shape index (κ2) is 9.79. The van der Waals surface area contributed by atoms with Crippen LogP contribution in [-0.4, -0.2) is 52.0 Å². The molecule has 0 bridgehead atoms. The average molecular weight is 328 g/mol. The molecule has 23 heavy (non-hydrogen) atoms. The maximum absolute atomic E-state index is 5.88. The highest BCUT2D eigenvalue weighted by Crippen LogP contribution is 2.36. The first-order chi connectivity index (χ1) is 10.8. The van der Waals surface area contributed by atoms with Crippen LogP contribution in [0.4, 0.5) is 0 Å². The van der Waals surface area contributed by atoms with Crippen molar-refractivity contribution < 1.29 is 23.5 Å². The van der Waals surface area contributed by atoms with Gasteiger partial charge in [0.1, 0.15) is 0 Å². The minimum absolute atomic E-state index is 0.0845. The summed E-state index contributed by atoms with van der Waals surface area (Å²) in [6.07, 6.45) is 6.05. The molecule has 134 valence electrons. The number of hydrogen-bond donors (Lipinski definition) is 0. The van der Waals surface area contributed by atoms with Crippen LogP contribution in [-0.2, 0) is 23.5 Å². The summed E-state index contributed by atoms with van der Waals surface area (Å²) in [5.41, 5.74) is -0.573. The SMILES string of the molecule is COC(CCCCCOC/C=C/B1OC(C)(C)C(C)(C)O1)OC. The lowest BCUT2D eigenvalue weighted by molar-refractivity contribution is -0.107. The number of rotatable bonds is 11. The molecule has 0 unspecified atom stereocenters. The van der Waals surface area contributed by atoms with Crippen molar-refractivity contribution in [3.63, 3.8) is 0 Å². The molecule has 1 heterocycles. The monoisotopic (exact) mass is 328 g/mol. The minimum Gasteiger partial charge on any atom is -0.400 e. The van der Waals surface area contributed by atoms with Crippen molar-refractivity contribution in [3.8, 4) is 0 Å². The maximum Gasteiger partial charge on any atom is 0.486 e. The van der Waals surface area contributed by atoms with Gasteiger partial charge in [0.15, 0.2) is 6.29 Å². The zero-order valence-corrected chi connectivity index (χ0v) is 15.6. The van der Waals surface area contributed by atoms with Crippen molar-refractivity contribution in [2.75, 3.05) is 27.4 Å². The van der Waals surface area contributed by atoms with Crippen molar-refractivity contribution in [2.45, 2.75) is 70.9 Å². The zero-order valence-electron chi connectivity index (χ0n) is 15.6. The van der Waals surface area contributed by atoms with Gasteiger partial charge in [-0.1, -0.05) is 18.5 Å². The molecule has 0 saturated carbocycles. The summed E-state index contributed by atoms with van der Waals surface area (Å²) in [6.45, 7) is 9.55. The van der Waals surface area contributed by atoms with E-state index in [4.69, 9.17) is 23.5 Å². The number of methoxy groups -OCH3 is 2. The van der Waals surface area contributed by atoms with Crippen LogP contribution in [0.25, 0.3) is 0 Å². The highest BCUT2D eigenvalue weighted by molar-refractivity contribution is 6.51. The topological polar surface area (TPSA) is 46.2 Å². The molecule has 0 aromatic carbocycles. The molecule has 0 aromatic heterocycles. The van der Waals surface area contributed by atoms with Gasteiger partial charge in [0.05, 0.1) is 17.8 Å². The lowest BCUT2D eigenvalue weighted by Gasteiger charge is -2.32. The summed E-state index contributed by atoms with van der Waals surface area (Å²) in [7, 11) is 3.05. The third-order valence-corrected chi connectivity index (χ3v) is 4.53. The molecule has 0 N–H and O–H groups in total. The molecule has 0 aromatic rings. The van der Waals surface area contributed by atoms with Gasteiger partial charge in [-0.3, -0.25) is 0 Å². The van der Waals surface area contributed by atoms with Crippen LogP contribution in [0.2, 0.25) is 0 Å². The Labute approximate surface area is 141 Å². The van der Waals surface area contributed by atoms with Crippen LogP contribution in [0.15, 0.2) is 12.1 Å². The van der Waals surface area contributed by atoms with Gasteiger partial charge in [-0.15, -0.1) is 0 Å². The van der Waals surface area contributed by atoms with Crippen molar-refractivity contribution >= 4 is 7.12 Å². The Morgan fingerprint density at radius 2 is 1.57 bits per heavy atom. The molecule has 6 heteroatoms. The van der Waals surface area contributed by atoms with E-state index in [0.29, 0.717) is 6.61 Å². The third-order valence-electron chi connectivity index (χ3n) is 4.53. The van der Waals surface area contributed by atoms with Crippen LogP contribution in [0.1, 0.15) is 53.4 Å². The van der Waals surface area contributed by atoms with E-state index in [1.54, 1.807) is 14.2 Å². The second-order valence-corrected chi connectivity index (χ2v) is 6.88. The predicted octanol–water partition coefficient (Wildman–Crippen LogP) is 3.37. The number of ether oxygens (including phenoxy) is 3. The third kappa shape index (κ3) is 6.93. The van der Waals surface area contributed by atoms with Gasteiger partial charge in [-0.2, -0.15) is 0 Å². The summed E-state index contributed by atoms with van der Waals surface area (Å²) in [6, 6.07) is 0. The van der Waals surface area contributed by atoms with Gasteiger partial charge in [0, 0.05) is 20.8 Å². The molecule has 1 saturated heterocycles. The van der Waals surface area contributed by atoms with Gasteiger partial charge < -0.3 is 23.5 Å². The molecule has 0 radical (unpaired) electrons. The normalized spacial score (nSPS) is 20.0. The lowest BCUT2D eigenvalue weighted by Crippen LogP contribution is -2.41.